The summed E-state index contributed by atoms with van der Waals surface area (Å²) in [7, 11) is 1.43. The van der Waals surface area contributed by atoms with Crippen LogP contribution in [0.2, 0.25) is 0 Å². The lowest BCUT2D eigenvalue weighted by atomic mass is 10.00. The van der Waals surface area contributed by atoms with Gasteiger partial charge in [-0.3, -0.25) is 4.79 Å². The maximum absolute atomic E-state index is 10.5. The highest BCUT2D eigenvalue weighted by Crippen LogP contribution is 2.12. The lowest BCUT2D eigenvalue weighted by molar-refractivity contribution is -0.104. The topological polar surface area (TPSA) is 38.7 Å². The van der Waals surface area contributed by atoms with Crippen molar-refractivity contribution in [2.75, 3.05) is 7.11 Å². The lowest BCUT2D eigenvalue weighted by Gasteiger charge is -2.07. The van der Waals surface area contributed by atoms with E-state index < -0.39 is 0 Å². The molecule has 3 nitrogen and oxygen atoms in total. The maximum Gasteiger partial charge on any atom is 0.152 e. The highest BCUT2D eigenvalue weighted by Gasteiger charge is 2.11. The van der Waals surface area contributed by atoms with E-state index in [4.69, 9.17) is 0 Å². The molecule has 0 saturated carbocycles. The quantitative estimate of drug-likeness (QED) is 0.453. The van der Waals surface area contributed by atoms with Crippen molar-refractivity contribution in [1.82, 2.24) is 0 Å². The van der Waals surface area contributed by atoms with Crippen LogP contribution < -0.4 is 0 Å². The molecule has 1 aliphatic carbocycles. The molecule has 0 bridgehead atoms. The van der Waals surface area contributed by atoms with Crippen molar-refractivity contribution in [3.8, 4) is 0 Å². The van der Waals surface area contributed by atoms with E-state index in [9.17, 15) is 4.79 Å². The molecule has 0 N–H and O–H groups in total. The Morgan fingerprint density at radius 3 is 3.00 bits per heavy atom. The van der Waals surface area contributed by atoms with Crippen molar-refractivity contribution in [3.05, 3.63) is 36.0 Å². The summed E-state index contributed by atoms with van der Waals surface area (Å²) < 4.78 is 0. The largest absolute Gasteiger partial charge is 0.399 e. The van der Waals surface area contributed by atoms with Crippen LogP contribution in [0.3, 0.4) is 0 Å². The summed E-state index contributed by atoms with van der Waals surface area (Å²) in [4.78, 5) is 15.1. The van der Waals surface area contributed by atoms with Crippen molar-refractivity contribution >= 4 is 12.0 Å². The van der Waals surface area contributed by atoms with Crippen LogP contribution in [0, 0.1) is 0 Å². The summed E-state index contributed by atoms with van der Waals surface area (Å²) in [6, 6.07) is 0. The fourth-order valence-electron chi connectivity index (χ4n) is 0.909. The molecule has 1 aliphatic rings. The van der Waals surface area contributed by atoms with Crippen LogP contribution >= 0.6 is 0 Å². The molecule has 3 heteroatoms. The van der Waals surface area contributed by atoms with Gasteiger partial charge in [0.05, 0.1) is 0 Å². The van der Waals surface area contributed by atoms with Gasteiger partial charge in [-0.25, -0.2) is 0 Å². The van der Waals surface area contributed by atoms with E-state index in [1.165, 1.54) is 7.11 Å². The second-order valence-electron chi connectivity index (χ2n) is 2.25. The Hall–Kier alpha value is -1.64. The van der Waals surface area contributed by atoms with Gasteiger partial charge in [-0.1, -0.05) is 23.9 Å². The highest BCUT2D eigenvalue weighted by molar-refractivity contribution is 6.24. The van der Waals surface area contributed by atoms with Crippen LogP contribution in [-0.4, -0.2) is 19.1 Å². The molecule has 0 radical (unpaired) electrons. The Kier molecular flexibility index (Phi) is 2.58. The van der Waals surface area contributed by atoms with Gasteiger partial charge in [0.25, 0.3) is 0 Å². The van der Waals surface area contributed by atoms with Gasteiger partial charge in [-0.05, 0) is 11.6 Å². The van der Waals surface area contributed by atoms with Crippen LogP contribution in [0.5, 0.6) is 0 Å². The van der Waals surface area contributed by atoms with E-state index in [0.717, 1.165) is 6.29 Å². The first-order valence-electron chi connectivity index (χ1n) is 3.44. The first-order valence-corrected chi connectivity index (χ1v) is 3.44. The molecule has 0 unspecified atom stereocenters. The average Bonchev–Trinajstić information content (AvgIpc) is 2.09. The van der Waals surface area contributed by atoms with E-state index in [1.54, 1.807) is 18.2 Å². The summed E-state index contributed by atoms with van der Waals surface area (Å²) in [6.07, 6.45) is 5.91. The normalized spacial score (nSPS) is 19.2. The van der Waals surface area contributed by atoms with Crippen LogP contribution in [0.1, 0.15) is 0 Å². The number of allylic oxidation sites excluding steroid dienone is 5. The second-order valence-corrected chi connectivity index (χ2v) is 2.25. The van der Waals surface area contributed by atoms with Crippen LogP contribution in [0.4, 0.5) is 0 Å². The summed E-state index contributed by atoms with van der Waals surface area (Å²) in [5.74, 6) is 0. The van der Waals surface area contributed by atoms with Crippen molar-refractivity contribution < 1.29 is 9.63 Å². The molecule has 0 fully saturated rings. The summed E-state index contributed by atoms with van der Waals surface area (Å²) in [5.41, 5.74) is 1.67. The van der Waals surface area contributed by atoms with E-state index >= 15 is 0 Å². The number of nitrogens with zero attached hydrogens (tertiary/aromatic N) is 1. The van der Waals surface area contributed by atoms with Gasteiger partial charge < -0.3 is 4.84 Å². The zero-order valence-corrected chi connectivity index (χ0v) is 6.78. The molecule has 62 valence electrons. The zero-order valence-electron chi connectivity index (χ0n) is 6.78. The number of aldehydes is 1. The molecular formula is C9H9NO2. The van der Waals surface area contributed by atoms with Crippen molar-refractivity contribution in [1.29, 1.82) is 0 Å². The molecule has 0 atom stereocenters. The fraction of sp³-hybridized carbons (Fsp3) is 0.111. The lowest BCUT2D eigenvalue weighted by Crippen LogP contribution is -2.08. The molecule has 1 rings (SSSR count). The van der Waals surface area contributed by atoms with Gasteiger partial charge in [0.1, 0.15) is 12.8 Å². The molecule has 0 aromatic heterocycles. The maximum atomic E-state index is 10.5. The highest BCUT2D eigenvalue weighted by atomic mass is 16.6. The molecule has 0 saturated heterocycles. The van der Waals surface area contributed by atoms with Crippen LogP contribution in [0.25, 0.3) is 0 Å². The number of carbonyl (C=O) groups excluding carboxylic acids is 1. The number of hydrogen-bond acceptors (Lipinski definition) is 3. The molecule has 0 aromatic carbocycles. The van der Waals surface area contributed by atoms with Crippen molar-refractivity contribution in [2.24, 2.45) is 5.16 Å². The first kappa shape index (κ1) is 8.46. The van der Waals surface area contributed by atoms with Crippen LogP contribution in [-0.2, 0) is 9.63 Å². The molecular weight excluding hydrogens is 154 g/mol. The third kappa shape index (κ3) is 1.50. The number of rotatable bonds is 2. The van der Waals surface area contributed by atoms with Gasteiger partial charge in [0.15, 0.2) is 6.29 Å². The Balaban J connectivity index is 3.04. The molecule has 0 heterocycles. The van der Waals surface area contributed by atoms with Gasteiger partial charge in [-0.2, -0.15) is 0 Å². The van der Waals surface area contributed by atoms with Gasteiger partial charge in [0, 0.05) is 5.57 Å². The zero-order chi connectivity index (χ0) is 8.97. The standard InChI is InChI=1S/C9H9NO2/c1-7-4-3-5-8(6-11)9(7)10-12-2/h3-6H,1H2,2H3/b10-9+. The average molecular weight is 163 g/mol. The predicted molar refractivity (Wildman–Crippen MR) is 46.9 cm³/mol. The van der Waals surface area contributed by atoms with Gasteiger partial charge in [-0.15, -0.1) is 0 Å². The summed E-state index contributed by atoms with van der Waals surface area (Å²) >= 11 is 0. The minimum atomic E-state index is 0.490. The number of hydrogen-bond donors (Lipinski definition) is 0. The number of carbonyl (C=O) groups is 1. The second kappa shape index (κ2) is 3.67. The molecule has 0 aromatic rings. The van der Waals surface area contributed by atoms with Crippen LogP contribution in [0.15, 0.2) is 41.1 Å². The smallest absolute Gasteiger partial charge is 0.152 e. The Bertz CT molecular complexity index is 298. The Morgan fingerprint density at radius 1 is 1.67 bits per heavy atom. The van der Waals surface area contributed by atoms with E-state index in [-0.39, 0.29) is 0 Å². The molecule has 0 aliphatic heterocycles. The van der Waals surface area contributed by atoms with E-state index in [1.807, 2.05) is 0 Å². The van der Waals surface area contributed by atoms with Crippen molar-refractivity contribution in [2.45, 2.75) is 0 Å². The van der Waals surface area contributed by atoms with Gasteiger partial charge >= 0.3 is 0 Å². The SMILES string of the molecule is C=C1C=CC=C(C=O)/C1=N/OC. The summed E-state index contributed by atoms with van der Waals surface area (Å²) in [5, 5.41) is 3.68. The third-order valence-corrected chi connectivity index (χ3v) is 1.46. The van der Waals surface area contributed by atoms with Gasteiger partial charge in [0.2, 0.25) is 0 Å². The monoisotopic (exact) mass is 163 g/mol. The summed E-state index contributed by atoms with van der Waals surface area (Å²) in [6.45, 7) is 3.72. The minimum Gasteiger partial charge on any atom is -0.399 e. The molecule has 0 amide bonds. The first-order chi connectivity index (χ1) is 5.79. The van der Waals surface area contributed by atoms with E-state index in [2.05, 4.69) is 16.6 Å². The number of oxime groups is 1. The molecule has 0 spiro atoms. The predicted octanol–water partition coefficient (Wildman–Crippen LogP) is 1.24. The van der Waals surface area contributed by atoms with Crippen molar-refractivity contribution in [3.63, 3.8) is 0 Å². The fourth-order valence-corrected chi connectivity index (χ4v) is 0.909. The minimum absolute atomic E-state index is 0.490. The van der Waals surface area contributed by atoms with E-state index in [0.29, 0.717) is 16.9 Å². The Morgan fingerprint density at radius 2 is 2.42 bits per heavy atom. The Labute approximate surface area is 70.7 Å². The third-order valence-electron chi connectivity index (χ3n) is 1.46. The molecule has 12 heavy (non-hydrogen) atoms.